The third kappa shape index (κ3) is 1.95. The molecule has 3 heterocycles. The van der Waals surface area contributed by atoms with Crippen molar-refractivity contribution in [2.24, 2.45) is 5.73 Å². The number of ether oxygens (including phenoxy) is 1. The number of aromatic amines is 1. The minimum absolute atomic E-state index is 0.0649. The van der Waals surface area contributed by atoms with E-state index in [-0.39, 0.29) is 34.7 Å². The zero-order valence-electron chi connectivity index (χ0n) is 15.2. The van der Waals surface area contributed by atoms with Gasteiger partial charge in [0, 0.05) is 29.1 Å². The predicted octanol–water partition coefficient (Wildman–Crippen LogP) is 1.81. The summed E-state index contributed by atoms with van der Waals surface area (Å²) in [7, 11) is 0. The molecule has 0 saturated heterocycles. The minimum Gasteiger partial charge on any atom is -0.440 e. The molecule has 1 amide bonds. The first-order chi connectivity index (χ1) is 12.8. The molecular weight excluding hydrogens is 344 g/mol. The Labute approximate surface area is 155 Å². The van der Waals surface area contributed by atoms with Gasteiger partial charge in [-0.2, -0.15) is 5.26 Å². The summed E-state index contributed by atoms with van der Waals surface area (Å²) in [5, 5.41) is 9.88. The Balaban J connectivity index is 2.22. The number of rotatable bonds is 1. The first kappa shape index (κ1) is 16.9. The van der Waals surface area contributed by atoms with E-state index in [9.17, 15) is 14.9 Å². The quantitative estimate of drug-likeness (QED) is 0.803. The highest BCUT2D eigenvalue weighted by Crippen LogP contribution is 2.54. The average molecular weight is 362 g/mol. The lowest BCUT2D eigenvalue weighted by molar-refractivity contribution is -0.121. The van der Waals surface area contributed by atoms with Crippen LogP contribution in [0.5, 0.6) is 5.75 Å². The van der Waals surface area contributed by atoms with Crippen LogP contribution in [0.4, 0.5) is 5.69 Å². The number of hydrogen-bond donors (Lipinski definition) is 2. The highest BCUT2D eigenvalue weighted by molar-refractivity contribution is 6.14. The molecule has 0 radical (unpaired) electrons. The SMILES string of the molecule is Cc1cc2c(c(=O)[nH]1)C1(C(=O)N(C(C)C)c3ccccc31)C(C#N)=C(N)O2. The minimum atomic E-state index is -1.62. The number of benzene rings is 1. The Morgan fingerprint density at radius 1 is 1.30 bits per heavy atom. The Bertz CT molecular complexity index is 1120. The molecule has 1 spiro atoms. The molecule has 7 nitrogen and oxygen atoms in total. The van der Waals surface area contributed by atoms with Gasteiger partial charge in [0.1, 0.15) is 17.4 Å². The van der Waals surface area contributed by atoms with Crippen molar-refractivity contribution in [1.82, 2.24) is 4.98 Å². The molecule has 0 fully saturated rings. The maximum absolute atomic E-state index is 13.8. The normalized spacial score (nSPS) is 20.6. The maximum Gasteiger partial charge on any atom is 0.256 e. The van der Waals surface area contributed by atoms with Crippen LogP contribution < -0.4 is 20.9 Å². The number of pyridine rings is 1. The van der Waals surface area contributed by atoms with Crippen LogP contribution in [0.15, 0.2) is 46.6 Å². The van der Waals surface area contributed by atoms with Gasteiger partial charge >= 0.3 is 0 Å². The van der Waals surface area contributed by atoms with Crippen molar-refractivity contribution in [1.29, 1.82) is 5.26 Å². The molecule has 27 heavy (non-hydrogen) atoms. The van der Waals surface area contributed by atoms with Gasteiger partial charge in [-0.05, 0) is 26.8 Å². The Morgan fingerprint density at radius 2 is 2.00 bits per heavy atom. The molecule has 2 aromatic rings. The fourth-order valence-electron chi connectivity index (χ4n) is 4.11. The average Bonchev–Trinajstić information content (AvgIpc) is 2.84. The maximum atomic E-state index is 13.8. The van der Waals surface area contributed by atoms with E-state index in [4.69, 9.17) is 10.5 Å². The second kappa shape index (κ2) is 5.48. The number of aromatic nitrogens is 1. The van der Waals surface area contributed by atoms with Gasteiger partial charge in [-0.3, -0.25) is 9.59 Å². The number of para-hydroxylation sites is 1. The van der Waals surface area contributed by atoms with E-state index in [1.807, 2.05) is 32.0 Å². The molecule has 0 aliphatic carbocycles. The van der Waals surface area contributed by atoms with E-state index in [0.717, 1.165) is 0 Å². The van der Waals surface area contributed by atoms with Gasteiger partial charge in [0.05, 0.1) is 5.56 Å². The van der Waals surface area contributed by atoms with Crippen LogP contribution in [0.2, 0.25) is 0 Å². The summed E-state index contributed by atoms with van der Waals surface area (Å²) in [6.45, 7) is 5.47. The number of nitrogens with one attached hydrogen (secondary N) is 1. The number of aryl methyl sites for hydroxylation is 1. The second-order valence-corrected chi connectivity index (χ2v) is 7.01. The monoisotopic (exact) mass is 362 g/mol. The summed E-state index contributed by atoms with van der Waals surface area (Å²) < 4.78 is 5.59. The standard InChI is InChI=1S/C20H18N4O3/c1-10(2)24-14-7-5-4-6-12(14)20(19(24)26)13(9-21)17(22)27-15-8-11(3)23-18(25)16(15)20/h4-8,10H,22H2,1-3H3,(H,23,25). The van der Waals surface area contributed by atoms with Gasteiger partial charge in [-0.1, -0.05) is 18.2 Å². The zero-order valence-corrected chi connectivity index (χ0v) is 15.2. The van der Waals surface area contributed by atoms with Crippen molar-refractivity contribution >= 4 is 11.6 Å². The molecule has 1 unspecified atom stereocenters. The van der Waals surface area contributed by atoms with Crippen molar-refractivity contribution in [3.8, 4) is 11.8 Å². The van der Waals surface area contributed by atoms with Gasteiger partial charge in [0.2, 0.25) is 11.8 Å². The van der Waals surface area contributed by atoms with Gasteiger partial charge in [0.15, 0.2) is 5.41 Å². The van der Waals surface area contributed by atoms with Gasteiger partial charge in [0.25, 0.3) is 5.56 Å². The number of nitrogens with zero attached hydrogens (tertiary/aromatic N) is 2. The lowest BCUT2D eigenvalue weighted by Crippen LogP contribution is -2.50. The number of carbonyl (C=O) groups excluding carboxylic acids is 1. The summed E-state index contributed by atoms with van der Waals surface area (Å²) in [6, 6.07) is 10.6. The third-order valence-corrected chi connectivity index (χ3v) is 5.08. The summed E-state index contributed by atoms with van der Waals surface area (Å²) in [4.78, 5) is 31.1. The zero-order chi connectivity index (χ0) is 19.5. The van der Waals surface area contributed by atoms with Crippen LogP contribution in [0.3, 0.4) is 0 Å². The summed E-state index contributed by atoms with van der Waals surface area (Å²) in [5.74, 6) is -0.345. The molecular formula is C20H18N4O3. The third-order valence-electron chi connectivity index (χ3n) is 5.08. The number of amides is 1. The van der Waals surface area contributed by atoms with Crippen LogP contribution in [0.1, 0.15) is 30.7 Å². The molecule has 2 aliphatic rings. The first-order valence-electron chi connectivity index (χ1n) is 8.59. The van der Waals surface area contributed by atoms with Crippen molar-refractivity contribution in [3.05, 3.63) is 69.0 Å². The Morgan fingerprint density at radius 3 is 2.67 bits per heavy atom. The lowest BCUT2D eigenvalue weighted by atomic mass is 9.69. The lowest BCUT2D eigenvalue weighted by Gasteiger charge is -2.34. The molecule has 1 atom stereocenters. The smallest absolute Gasteiger partial charge is 0.256 e. The van der Waals surface area contributed by atoms with Crippen LogP contribution >= 0.6 is 0 Å². The van der Waals surface area contributed by atoms with E-state index >= 15 is 0 Å². The van der Waals surface area contributed by atoms with Crippen LogP contribution in [-0.4, -0.2) is 16.9 Å². The molecule has 1 aromatic carbocycles. The number of nitrogens with two attached hydrogens (primary N) is 1. The summed E-state index contributed by atoms with van der Waals surface area (Å²) in [6.07, 6.45) is 0. The number of fused-ring (bicyclic) bond motifs is 4. The first-order valence-corrected chi connectivity index (χ1v) is 8.59. The van der Waals surface area contributed by atoms with Crippen LogP contribution in [0.25, 0.3) is 0 Å². The summed E-state index contributed by atoms with van der Waals surface area (Å²) in [5.41, 5.74) is 5.78. The van der Waals surface area contributed by atoms with Crippen LogP contribution in [0, 0.1) is 18.3 Å². The Hall–Kier alpha value is -3.53. The fraction of sp³-hybridized carbons (Fsp3) is 0.250. The van der Waals surface area contributed by atoms with Gasteiger partial charge < -0.3 is 20.4 Å². The van der Waals surface area contributed by atoms with E-state index in [0.29, 0.717) is 16.9 Å². The number of hydrogen-bond acceptors (Lipinski definition) is 5. The van der Waals surface area contributed by atoms with E-state index in [1.165, 1.54) is 0 Å². The van der Waals surface area contributed by atoms with Crippen LogP contribution in [-0.2, 0) is 10.2 Å². The Kier molecular flexibility index (Phi) is 3.43. The van der Waals surface area contributed by atoms with E-state index in [1.54, 1.807) is 30.0 Å². The van der Waals surface area contributed by atoms with Gasteiger partial charge in [-0.15, -0.1) is 0 Å². The molecule has 2 aliphatic heterocycles. The highest BCUT2D eigenvalue weighted by atomic mass is 16.5. The molecule has 1 aromatic heterocycles. The topological polar surface area (TPSA) is 112 Å². The number of H-pyrrole nitrogens is 1. The number of nitriles is 1. The molecule has 7 heteroatoms. The predicted molar refractivity (Wildman–Crippen MR) is 99.1 cm³/mol. The number of anilines is 1. The van der Waals surface area contributed by atoms with Crippen molar-refractivity contribution in [2.45, 2.75) is 32.2 Å². The fourth-order valence-corrected chi connectivity index (χ4v) is 4.11. The molecule has 3 N–H and O–H groups in total. The molecule has 0 bridgehead atoms. The molecule has 0 saturated carbocycles. The van der Waals surface area contributed by atoms with Crippen molar-refractivity contribution < 1.29 is 9.53 Å². The van der Waals surface area contributed by atoms with Crippen molar-refractivity contribution in [2.75, 3.05) is 4.90 Å². The van der Waals surface area contributed by atoms with E-state index in [2.05, 4.69) is 4.98 Å². The van der Waals surface area contributed by atoms with Gasteiger partial charge in [-0.25, -0.2) is 0 Å². The number of carbonyl (C=O) groups is 1. The van der Waals surface area contributed by atoms with Crippen molar-refractivity contribution in [3.63, 3.8) is 0 Å². The molecule has 136 valence electrons. The highest BCUT2D eigenvalue weighted by Gasteiger charge is 2.60. The second-order valence-electron chi connectivity index (χ2n) is 7.01. The van der Waals surface area contributed by atoms with E-state index < -0.39 is 11.0 Å². The molecule has 4 rings (SSSR count). The largest absolute Gasteiger partial charge is 0.440 e. The summed E-state index contributed by atoms with van der Waals surface area (Å²) >= 11 is 0.